The van der Waals surface area contributed by atoms with Gasteiger partial charge in [0.15, 0.2) is 0 Å². The van der Waals surface area contributed by atoms with Gasteiger partial charge in [-0.15, -0.1) is 0 Å². The Morgan fingerprint density at radius 1 is 1.40 bits per heavy atom. The lowest BCUT2D eigenvalue weighted by Gasteiger charge is -2.22. The van der Waals surface area contributed by atoms with E-state index in [1.165, 1.54) is 19.3 Å². The van der Waals surface area contributed by atoms with Crippen LogP contribution in [0.3, 0.4) is 0 Å². The molecule has 1 amide bonds. The number of rotatable bonds is 4. The van der Waals surface area contributed by atoms with Gasteiger partial charge in [0.25, 0.3) is 0 Å². The molecule has 0 saturated heterocycles. The lowest BCUT2D eigenvalue weighted by Crippen LogP contribution is -2.47. The fourth-order valence-corrected chi connectivity index (χ4v) is 1.99. The molecular weight excluding hydrogens is 192 g/mol. The molecule has 88 valence electrons. The number of carbonyl (C=O) groups is 1. The van der Waals surface area contributed by atoms with Crippen molar-refractivity contribution >= 4 is 5.91 Å². The van der Waals surface area contributed by atoms with E-state index in [4.69, 9.17) is 10.5 Å². The standard InChI is InChI=1S/C11H22N2O2/c1-15-8-7-11(14)13-10-6-4-2-3-5-9(10)12/h9-10H,2-8,12H2,1H3,(H,13,14). The molecule has 4 nitrogen and oxygen atoms in total. The second kappa shape index (κ2) is 6.80. The lowest BCUT2D eigenvalue weighted by atomic mass is 10.0. The first-order chi connectivity index (χ1) is 7.24. The zero-order chi connectivity index (χ0) is 11.1. The Bertz CT molecular complexity index is 197. The number of nitrogens with one attached hydrogen (secondary N) is 1. The third-order valence-corrected chi connectivity index (χ3v) is 2.95. The largest absolute Gasteiger partial charge is 0.384 e. The maximum atomic E-state index is 11.5. The molecule has 0 heterocycles. The van der Waals surface area contributed by atoms with Crippen LogP contribution in [0.1, 0.15) is 38.5 Å². The van der Waals surface area contributed by atoms with Crippen molar-refractivity contribution in [1.82, 2.24) is 5.32 Å². The smallest absolute Gasteiger partial charge is 0.222 e. The van der Waals surface area contributed by atoms with Gasteiger partial charge in [-0.2, -0.15) is 0 Å². The Balaban J connectivity index is 2.30. The van der Waals surface area contributed by atoms with E-state index in [9.17, 15) is 4.79 Å². The van der Waals surface area contributed by atoms with E-state index in [1.54, 1.807) is 7.11 Å². The topological polar surface area (TPSA) is 64.3 Å². The summed E-state index contributed by atoms with van der Waals surface area (Å²) in [6.45, 7) is 0.480. The predicted molar refractivity (Wildman–Crippen MR) is 59.5 cm³/mol. The molecule has 1 rings (SSSR count). The van der Waals surface area contributed by atoms with Crippen LogP contribution in [-0.2, 0) is 9.53 Å². The molecule has 15 heavy (non-hydrogen) atoms. The van der Waals surface area contributed by atoms with E-state index in [0.717, 1.165) is 12.8 Å². The Hall–Kier alpha value is -0.610. The minimum Gasteiger partial charge on any atom is -0.384 e. The van der Waals surface area contributed by atoms with Gasteiger partial charge in [-0.05, 0) is 12.8 Å². The van der Waals surface area contributed by atoms with Crippen molar-refractivity contribution in [2.75, 3.05) is 13.7 Å². The number of hydrogen-bond donors (Lipinski definition) is 2. The van der Waals surface area contributed by atoms with Gasteiger partial charge >= 0.3 is 0 Å². The summed E-state index contributed by atoms with van der Waals surface area (Å²) in [4.78, 5) is 11.5. The van der Waals surface area contributed by atoms with Crippen LogP contribution in [0.25, 0.3) is 0 Å². The van der Waals surface area contributed by atoms with Gasteiger partial charge in [-0.25, -0.2) is 0 Å². The van der Waals surface area contributed by atoms with Crippen molar-refractivity contribution in [2.45, 2.75) is 50.6 Å². The van der Waals surface area contributed by atoms with Gasteiger partial charge in [0.1, 0.15) is 0 Å². The molecule has 4 heteroatoms. The van der Waals surface area contributed by atoms with E-state index in [2.05, 4.69) is 5.32 Å². The Labute approximate surface area is 91.5 Å². The van der Waals surface area contributed by atoms with E-state index in [1.807, 2.05) is 0 Å². The van der Waals surface area contributed by atoms with Gasteiger partial charge in [0, 0.05) is 25.6 Å². The van der Waals surface area contributed by atoms with Crippen LogP contribution >= 0.6 is 0 Å². The Kier molecular flexibility index (Phi) is 5.65. The normalized spacial score (nSPS) is 27.1. The molecule has 0 bridgehead atoms. The minimum absolute atomic E-state index is 0.0548. The first kappa shape index (κ1) is 12.5. The zero-order valence-electron chi connectivity index (χ0n) is 9.50. The molecule has 1 fully saturated rings. The highest BCUT2D eigenvalue weighted by Crippen LogP contribution is 2.16. The Morgan fingerprint density at radius 3 is 2.87 bits per heavy atom. The highest BCUT2D eigenvalue weighted by atomic mass is 16.5. The highest BCUT2D eigenvalue weighted by molar-refractivity contribution is 5.76. The van der Waals surface area contributed by atoms with Crippen LogP contribution < -0.4 is 11.1 Å². The monoisotopic (exact) mass is 214 g/mol. The first-order valence-electron chi connectivity index (χ1n) is 5.78. The van der Waals surface area contributed by atoms with Crippen LogP contribution in [0.4, 0.5) is 0 Å². The molecule has 0 aromatic rings. The summed E-state index contributed by atoms with van der Waals surface area (Å²) in [6, 6.07) is 0.288. The maximum absolute atomic E-state index is 11.5. The molecule has 0 spiro atoms. The average Bonchev–Trinajstić information content (AvgIpc) is 2.42. The lowest BCUT2D eigenvalue weighted by molar-refractivity contribution is -0.122. The van der Waals surface area contributed by atoms with E-state index in [0.29, 0.717) is 13.0 Å². The number of ether oxygens (including phenoxy) is 1. The van der Waals surface area contributed by atoms with Crippen LogP contribution in [0, 0.1) is 0 Å². The molecule has 3 N–H and O–H groups in total. The number of methoxy groups -OCH3 is 1. The summed E-state index contributed by atoms with van der Waals surface area (Å²) in [7, 11) is 1.60. The second-order valence-corrected chi connectivity index (χ2v) is 4.22. The van der Waals surface area contributed by atoms with E-state index in [-0.39, 0.29) is 18.0 Å². The molecule has 1 saturated carbocycles. The van der Waals surface area contributed by atoms with Crippen LogP contribution in [-0.4, -0.2) is 31.7 Å². The van der Waals surface area contributed by atoms with Crippen molar-refractivity contribution in [3.8, 4) is 0 Å². The molecule has 2 unspecified atom stereocenters. The van der Waals surface area contributed by atoms with Gasteiger partial charge < -0.3 is 15.8 Å². The summed E-state index contributed by atoms with van der Waals surface area (Å²) >= 11 is 0. The van der Waals surface area contributed by atoms with E-state index < -0.39 is 0 Å². The molecular formula is C11H22N2O2. The maximum Gasteiger partial charge on any atom is 0.222 e. The van der Waals surface area contributed by atoms with Crippen molar-refractivity contribution in [3.05, 3.63) is 0 Å². The van der Waals surface area contributed by atoms with Crippen LogP contribution in [0.2, 0.25) is 0 Å². The SMILES string of the molecule is COCCC(=O)NC1CCCCCC1N. The molecule has 0 radical (unpaired) electrons. The van der Waals surface area contributed by atoms with E-state index >= 15 is 0 Å². The molecule has 0 aromatic heterocycles. The van der Waals surface area contributed by atoms with Gasteiger partial charge in [-0.3, -0.25) is 4.79 Å². The molecule has 0 aliphatic heterocycles. The summed E-state index contributed by atoms with van der Waals surface area (Å²) in [5, 5.41) is 3.00. The zero-order valence-corrected chi connectivity index (χ0v) is 9.50. The van der Waals surface area contributed by atoms with Crippen molar-refractivity contribution in [2.24, 2.45) is 5.73 Å². The van der Waals surface area contributed by atoms with Gasteiger partial charge in [0.05, 0.1) is 6.61 Å². The van der Waals surface area contributed by atoms with Crippen molar-refractivity contribution < 1.29 is 9.53 Å². The average molecular weight is 214 g/mol. The fourth-order valence-electron chi connectivity index (χ4n) is 1.99. The first-order valence-corrected chi connectivity index (χ1v) is 5.78. The molecule has 0 aromatic carbocycles. The predicted octanol–water partition coefficient (Wildman–Crippen LogP) is 0.799. The Morgan fingerprint density at radius 2 is 2.13 bits per heavy atom. The fraction of sp³-hybridized carbons (Fsp3) is 0.909. The number of amides is 1. The minimum atomic E-state index is 0.0548. The van der Waals surface area contributed by atoms with Crippen molar-refractivity contribution in [1.29, 1.82) is 0 Å². The van der Waals surface area contributed by atoms with Crippen LogP contribution in [0.15, 0.2) is 0 Å². The highest BCUT2D eigenvalue weighted by Gasteiger charge is 2.21. The second-order valence-electron chi connectivity index (χ2n) is 4.22. The molecule has 1 aliphatic rings. The summed E-state index contributed by atoms with van der Waals surface area (Å²) < 4.78 is 4.86. The number of nitrogens with two attached hydrogens (primary N) is 1. The quantitative estimate of drug-likeness (QED) is 0.680. The van der Waals surface area contributed by atoms with Crippen molar-refractivity contribution in [3.63, 3.8) is 0 Å². The number of hydrogen-bond acceptors (Lipinski definition) is 3. The van der Waals surface area contributed by atoms with Gasteiger partial charge in [-0.1, -0.05) is 19.3 Å². The van der Waals surface area contributed by atoms with Gasteiger partial charge in [0.2, 0.25) is 5.91 Å². The molecule has 1 aliphatic carbocycles. The third kappa shape index (κ3) is 4.62. The summed E-state index contributed by atoms with van der Waals surface area (Å²) in [5.74, 6) is 0.0548. The number of carbonyl (C=O) groups excluding carboxylic acids is 1. The van der Waals surface area contributed by atoms with Crippen LogP contribution in [0.5, 0.6) is 0 Å². The summed E-state index contributed by atoms with van der Waals surface area (Å²) in [5.41, 5.74) is 6.01. The summed E-state index contributed by atoms with van der Waals surface area (Å²) in [6.07, 6.45) is 6.06. The third-order valence-electron chi connectivity index (χ3n) is 2.95. The molecule has 2 atom stereocenters.